The molecule has 1 aromatic rings. The van der Waals surface area contributed by atoms with Gasteiger partial charge in [-0.05, 0) is 0 Å². The van der Waals surface area contributed by atoms with E-state index in [4.69, 9.17) is 9.96 Å². The Kier molecular flexibility index (Phi) is 4.18. The molecule has 4 heteroatoms. The first-order valence-electron chi connectivity index (χ1n) is 5.51. The third-order valence-corrected chi connectivity index (χ3v) is 6.97. The van der Waals surface area contributed by atoms with E-state index in [0.29, 0.717) is 0 Å². The Morgan fingerprint density at radius 2 is 1.76 bits per heavy atom. The van der Waals surface area contributed by atoms with E-state index < -0.39 is 17.8 Å². The van der Waals surface area contributed by atoms with E-state index >= 15 is 0 Å². The van der Waals surface area contributed by atoms with Crippen LogP contribution < -0.4 is 3.32 Å². The van der Waals surface area contributed by atoms with Gasteiger partial charge in [-0.15, -0.1) is 0 Å². The number of hydrogen-bond donors (Lipinski definition) is 0. The average Bonchev–Trinajstić information content (AvgIpc) is 2.92. The quantitative estimate of drug-likeness (QED) is 0.768. The molecule has 1 aromatic carbocycles. The Hall–Kier alpha value is -0.866. The van der Waals surface area contributed by atoms with E-state index in [0.717, 1.165) is 16.0 Å². The monoisotopic (exact) mass is 268 g/mol. The van der Waals surface area contributed by atoms with Gasteiger partial charge in [0.15, 0.2) is 0 Å². The van der Waals surface area contributed by atoms with Crippen LogP contribution in [0.25, 0.3) is 0 Å². The van der Waals surface area contributed by atoms with Gasteiger partial charge < -0.3 is 0 Å². The fraction of sp³-hybridized carbons (Fsp3) is 0.231. The minimum atomic E-state index is -3.32. The van der Waals surface area contributed by atoms with Crippen LogP contribution >= 0.6 is 0 Å². The fourth-order valence-corrected chi connectivity index (χ4v) is 5.10. The summed E-state index contributed by atoms with van der Waals surface area (Å²) in [5.74, 6) is 0.795. The van der Waals surface area contributed by atoms with Crippen molar-refractivity contribution in [3.8, 4) is 5.75 Å². The molecule has 90 valence electrons. The van der Waals surface area contributed by atoms with Crippen molar-refractivity contribution in [1.29, 1.82) is 0 Å². The van der Waals surface area contributed by atoms with Crippen molar-refractivity contribution >= 4 is 0 Å². The summed E-state index contributed by atoms with van der Waals surface area (Å²) in [7, 11) is 3.32. The van der Waals surface area contributed by atoms with Gasteiger partial charge in [-0.25, -0.2) is 0 Å². The van der Waals surface area contributed by atoms with E-state index in [1.807, 2.05) is 42.5 Å². The molecule has 0 bridgehead atoms. The number of benzene rings is 1. The third-order valence-electron chi connectivity index (χ3n) is 2.70. The van der Waals surface area contributed by atoms with Crippen LogP contribution in [-0.2, 0) is 24.4 Å². The SMILES string of the molecule is C[O][Ti]([O]C)([O]c1ccccc1)[C]1=CC=CC1. The molecule has 0 N–H and O–H groups in total. The summed E-state index contributed by atoms with van der Waals surface area (Å²) < 4.78 is 18.4. The molecule has 0 aromatic heterocycles. The predicted octanol–water partition coefficient (Wildman–Crippen LogP) is 3.10. The molecule has 3 nitrogen and oxygen atoms in total. The molecule has 0 fully saturated rings. The summed E-state index contributed by atoms with van der Waals surface area (Å²) in [5.41, 5.74) is 0. The molecule has 0 spiro atoms. The Morgan fingerprint density at radius 1 is 1.06 bits per heavy atom. The van der Waals surface area contributed by atoms with Gasteiger partial charge in [0.05, 0.1) is 0 Å². The zero-order valence-corrected chi connectivity index (χ0v) is 11.6. The second-order valence-electron chi connectivity index (χ2n) is 3.70. The van der Waals surface area contributed by atoms with Crippen LogP contribution in [0.4, 0.5) is 0 Å². The molecule has 2 rings (SSSR count). The summed E-state index contributed by atoms with van der Waals surface area (Å²) in [4.78, 5) is 0. The van der Waals surface area contributed by atoms with Gasteiger partial charge in [-0.3, -0.25) is 0 Å². The van der Waals surface area contributed by atoms with Gasteiger partial charge in [-0.2, -0.15) is 0 Å². The Morgan fingerprint density at radius 3 is 2.29 bits per heavy atom. The standard InChI is InChI=1S/C6H6O.C5H5.2CH3O.Ti/c7-6-4-2-1-3-5-6;1-2-4-5-3-1;2*1-2;/h1-5,7H;1-3H,4H2;2*1H3;/q;;2*-1;+3/p-1. The zero-order chi connectivity index (χ0) is 12.1. The second kappa shape index (κ2) is 5.65. The summed E-state index contributed by atoms with van der Waals surface area (Å²) in [5, 5.41) is 0. The van der Waals surface area contributed by atoms with Crippen molar-refractivity contribution in [3.63, 3.8) is 0 Å². The van der Waals surface area contributed by atoms with Crippen molar-refractivity contribution < 1.29 is 27.7 Å². The zero-order valence-electron chi connectivity index (χ0n) is 10.1. The van der Waals surface area contributed by atoms with E-state index in [1.165, 1.54) is 0 Å². The van der Waals surface area contributed by atoms with Gasteiger partial charge in [0.25, 0.3) is 0 Å². The van der Waals surface area contributed by atoms with Crippen LogP contribution in [0.2, 0.25) is 0 Å². The van der Waals surface area contributed by atoms with Gasteiger partial charge in [0.2, 0.25) is 0 Å². The van der Waals surface area contributed by atoms with Crippen molar-refractivity contribution in [2.75, 3.05) is 14.2 Å². The van der Waals surface area contributed by atoms with Crippen LogP contribution in [0, 0.1) is 0 Å². The topological polar surface area (TPSA) is 27.7 Å². The third kappa shape index (κ3) is 2.69. The van der Waals surface area contributed by atoms with E-state index in [-0.39, 0.29) is 0 Å². The first-order chi connectivity index (χ1) is 8.30. The molecular weight excluding hydrogens is 252 g/mol. The molecule has 0 radical (unpaired) electrons. The molecule has 0 saturated carbocycles. The first kappa shape index (κ1) is 12.6. The van der Waals surface area contributed by atoms with E-state index in [1.54, 1.807) is 14.2 Å². The Bertz CT molecular complexity index is 422. The van der Waals surface area contributed by atoms with E-state index in [2.05, 4.69) is 6.08 Å². The minimum absolute atomic E-state index is 0.795. The average molecular weight is 268 g/mol. The molecule has 1 aliphatic rings. The van der Waals surface area contributed by atoms with Crippen molar-refractivity contribution in [1.82, 2.24) is 0 Å². The van der Waals surface area contributed by atoms with Gasteiger partial charge in [0, 0.05) is 0 Å². The predicted molar refractivity (Wildman–Crippen MR) is 62.9 cm³/mol. The number of para-hydroxylation sites is 1. The summed E-state index contributed by atoms with van der Waals surface area (Å²) in [6, 6.07) is 9.67. The van der Waals surface area contributed by atoms with Crippen molar-refractivity contribution in [2.24, 2.45) is 0 Å². The van der Waals surface area contributed by atoms with Crippen molar-refractivity contribution in [3.05, 3.63) is 52.4 Å². The van der Waals surface area contributed by atoms with Crippen LogP contribution in [-0.4, -0.2) is 14.2 Å². The Balaban J connectivity index is 2.23. The molecule has 0 atom stereocenters. The maximum atomic E-state index is 6.02. The van der Waals surface area contributed by atoms with Crippen LogP contribution in [0.3, 0.4) is 0 Å². The summed E-state index contributed by atoms with van der Waals surface area (Å²) in [6.45, 7) is 0. The number of allylic oxidation sites excluding steroid dienone is 4. The summed E-state index contributed by atoms with van der Waals surface area (Å²) >= 11 is -3.32. The summed E-state index contributed by atoms with van der Waals surface area (Å²) in [6.07, 6.45) is 6.99. The molecule has 0 amide bonds. The van der Waals surface area contributed by atoms with Gasteiger partial charge in [0.1, 0.15) is 0 Å². The molecule has 1 aliphatic carbocycles. The van der Waals surface area contributed by atoms with Crippen molar-refractivity contribution in [2.45, 2.75) is 6.42 Å². The molecule has 0 saturated heterocycles. The molecule has 0 aliphatic heterocycles. The normalized spacial score (nSPS) is 14.8. The second-order valence-corrected chi connectivity index (χ2v) is 8.04. The van der Waals surface area contributed by atoms with E-state index in [9.17, 15) is 0 Å². The molecule has 17 heavy (non-hydrogen) atoms. The van der Waals surface area contributed by atoms with Crippen LogP contribution in [0.5, 0.6) is 5.75 Å². The molecular formula is C13H16O3Ti. The Labute approximate surface area is 106 Å². The molecule has 0 heterocycles. The van der Waals surface area contributed by atoms with Crippen LogP contribution in [0.15, 0.2) is 52.4 Å². The maximum absolute atomic E-state index is 6.02. The van der Waals surface area contributed by atoms with Crippen LogP contribution in [0.1, 0.15) is 6.42 Å². The molecule has 0 unspecified atom stereocenters. The fourth-order valence-electron chi connectivity index (χ4n) is 1.81. The first-order valence-corrected chi connectivity index (χ1v) is 8.20. The number of rotatable bonds is 5. The van der Waals surface area contributed by atoms with Gasteiger partial charge in [-0.1, -0.05) is 0 Å². The number of hydrogen-bond acceptors (Lipinski definition) is 3. The van der Waals surface area contributed by atoms with Gasteiger partial charge >= 0.3 is 107 Å².